The zero-order chi connectivity index (χ0) is 16.2. The molecule has 1 amide bonds. The van der Waals surface area contributed by atoms with Gasteiger partial charge in [0, 0.05) is 17.7 Å². The van der Waals surface area contributed by atoms with Gasteiger partial charge in [0.2, 0.25) is 0 Å². The number of nitrogens with one attached hydrogen (secondary N) is 1. The van der Waals surface area contributed by atoms with E-state index in [0.29, 0.717) is 18.1 Å². The second kappa shape index (κ2) is 6.93. The van der Waals surface area contributed by atoms with Crippen LogP contribution < -0.4 is 5.32 Å². The van der Waals surface area contributed by atoms with Crippen LogP contribution in [0.15, 0.2) is 36.4 Å². The molecule has 3 rings (SSSR count). The van der Waals surface area contributed by atoms with Crippen molar-refractivity contribution in [3.8, 4) is 0 Å². The lowest BCUT2D eigenvalue weighted by atomic mass is 10.1. The number of hydrogen-bond acceptors (Lipinski definition) is 4. The monoisotopic (exact) mass is 331 g/mol. The summed E-state index contributed by atoms with van der Waals surface area (Å²) in [5, 5.41) is 12.0. The van der Waals surface area contributed by atoms with E-state index >= 15 is 0 Å². The normalized spacial score (nSPS) is 14.8. The Bertz CT molecular complexity index is 687. The van der Waals surface area contributed by atoms with Crippen molar-refractivity contribution in [1.29, 1.82) is 0 Å². The van der Waals surface area contributed by atoms with Crippen molar-refractivity contribution in [2.24, 2.45) is 0 Å². The van der Waals surface area contributed by atoms with Gasteiger partial charge < -0.3 is 15.2 Å². The molecule has 2 heterocycles. The first-order valence-corrected chi connectivity index (χ1v) is 8.22. The van der Waals surface area contributed by atoms with Crippen LogP contribution in [0.3, 0.4) is 0 Å². The number of aliphatic carboxylic acids is 1. The number of amides is 1. The lowest BCUT2D eigenvalue weighted by Crippen LogP contribution is -2.42. The Kier molecular flexibility index (Phi) is 4.73. The second-order valence-electron chi connectivity index (χ2n) is 5.42. The van der Waals surface area contributed by atoms with Crippen LogP contribution in [0.1, 0.15) is 25.7 Å². The molecule has 23 heavy (non-hydrogen) atoms. The van der Waals surface area contributed by atoms with Crippen LogP contribution in [-0.2, 0) is 29.0 Å². The van der Waals surface area contributed by atoms with Gasteiger partial charge in [0.1, 0.15) is 6.04 Å². The minimum atomic E-state index is -1.04. The molecule has 1 aliphatic rings. The predicted molar refractivity (Wildman–Crippen MR) is 86.7 cm³/mol. The number of carboxylic acid groups (broad SMARTS) is 1. The first-order chi connectivity index (χ1) is 11.1. The van der Waals surface area contributed by atoms with Gasteiger partial charge in [-0.25, -0.2) is 4.79 Å². The van der Waals surface area contributed by atoms with E-state index in [-0.39, 0.29) is 12.3 Å². The van der Waals surface area contributed by atoms with Crippen molar-refractivity contribution in [2.75, 3.05) is 6.61 Å². The Balaban J connectivity index is 1.71. The highest BCUT2D eigenvalue weighted by Gasteiger charge is 2.23. The highest BCUT2D eigenvalue weighted by molar-refractivity contribution is 7.14. The Morgan fingerprint density at radius 3 is 2.78 bits per heavy atom. The molecule has 0 unspecified atom stereocenters. The van der Waals surface area contributed by atoms with Crippen molar-refractivity contribution in [1.82, 2.24) is 5.32 Å². The molecular formula is C17H17NO4S. The molecular weight excluding hydrogens is 314 g/mol. The molecule has 1 aromatic heterocycles. The van der Waals surface area contributed by atoms with Crippen molar-refractivity contribution >= 4 is 23.2 Å². The lowest BCUT2D eigenvalue weighted by molar-refractivity contribution is -0.139. The summed E-state index contributed by atoms with van der Waals surface area (Å²) in [6.45, 7) is 1.19. The first kappa shape index (κ1) is 15.7. The topological polar surface area (TPSA) is 75.6 Å². The van der Waals surface area contributed by atoms with Gasteiger partial charge in [0.05, 0.1) is 18.1 Å². The minimum absolute atomic E-state index is 0.260. The molecule has 0 saturated heterocycles. The zero-order valence-corrected chi connectivity index (χ0v) is 13.3. The maximum absolute atomic E-state index is 12.4. The van der Waals surface area contributed by atoms with E-state index in [9.17, 15) is 14.7 Å². The van der Waals surface area contributed by atoms with Gasteiger partial charge in [-0.1, -0.05) is 30.3 Å². The third-order valence-corrected chi connectivity index (χ3v) is 4.97. The van der Waals surface area contributed by atoms with Crippen LogP contribution in [0.4, 0.5) is 0 Å². The van der Waals surface area contributed by atoms with Crippen molar-refractivity contribution in [3.05, 3.63) is 57.3 Å². The van der Waals surface area contributed by atoms with Crippen LogP contribution in [0.5, 0.6) is 0 Å². The van der Waals surface area contributed by atoms with Gasteiger partial charge in [0.15, 0.2) is 0 Å². The number of rotatable bonds is 5. The second-order valence-corrected chi connectivity index (χ2v) is 6.55. The number of thiophene rings is 1. The first-order valence-electron chi connectivity index (χ1n) is 7.40. The summed E-state index contributed by atoms with van der Waals surface area (Å²) in [6, 6.07) is 10.1. The van der Waals surface area contributed by atoms with Gasteiger partial charge in [-0.2, -0.15) is 0 Å². The molecule has 2 N–H and O–H groups in total. The van der Waals surface area contributed by atoms with Gasteiger partial charge in [-0.15, -0.1) is 11.3 Å². The van der Waals surface area contributed by atoms with Crippen LogP contribution in [0, 0.1) is 0 Å². The summed E-state index contributed by atoms with van der Waals surface area (Å²) < 4.78 is 5.37. The summed E-state index contributed by atoms with van der Waals surface area (Å²) in [4.78, 5) is 25.5. The third kappa shape index (κ3) is 3.78. The molecule has 0 saturated carbocycles. The number of fused-ring (bicyclic) bond motifs is 1. The van der Waals surface area contributed by atoms with E-state index in [1.807, 2.05) is 30.3 Å². The number of hydrogen-bond donors (Lipinski definition) is 2. The number of carbonyl (C=O) groups excluding carboxylic acids is 1. The zero-order valence-electron chi connectivity index (χ0n) is 12.5. The molecule has 1 aliphatic heterocycles. The smallest absolute Gasteiger partial charge is 0.326 e. The average Bonchev–Trinajstić information content (AvgIpc) is 2.99. The van der Waals surface area contributed by atoms with Crippen molar-refractivity contribution in [3.63, 3.8) is 0 Å². The SMILES string of the molecule is O=C(N[C@@H](Cc1ccccc1)C(=O)O)c1cc2c(s1)CCOC2. The Morgan fingerprint density at radius 1 is 1.30 bits per heavy atom. The van der Waals surface area contributed by atoms with Crippen LogP contribution >= 0.6 is 11.3 Å². The molecule has 2 aromatic rings. The maximum Gasteiger partial charge on any atom is 0.326 e. The fraction of sp³-hybridized carbons (Fsp3) is 0.294. The van der Waals surface area contributed by atoms with Crippen LogP contribution in [-0.4, -0.2) is 29.6 Å². The predicted octanol–water partition coefficient (Wildman–Crippen LogP) is 2.25. The molecule has 120 valence electrons. The highest BCUT2D eigenvalue weighted by atomic mass is 32.1. The Labute approximate surface area is 137 Å². The fourth-order valence-corrected chi connectivity index (χ4v) is 3.59. The molecule has 0 aliphatic carbocycles. The summed E-state index contributed by atoms with van der Waals surface area (Å²) in [7, 11) is 0. The molecule has 5 nitrogen and oxygen atoms in total. The van der Waals surface area contributed by atoms with E-state index in [0.717, 1.165) is 22.4 Å². The van der Waals surface area contributed by atoms with Gasteiger partial charge >= 0.3 is 5.97 Å². The van der Waals surface area contributed by atoms with Gasteiger partial charge in [0.25, 0.3) is 5.91 Å². The van der Waals surface area contributed by atoms with Crippen LogP contribution in [0.25, 0.3) is 0 Å². The molecule has 6 heteroatoms. The van der Waals surface area contributed by atoms with E-state index in [1.165, 1.54) is 11.3 Å². The minimum Gasteiger partial charge on any atom is -0.480 e. The molecule has 0 bridgehead atoms. The third-order valence-electron chi connectivity index (χ3n) is 3.74. The highest BCUT2D eigenvalue weighted by Crippen LogP contribution is 2.27. The van der Waals surface area contributed by atoms with E-state index in [2.05, 4.69) is 5.32 Å². The van der Waals surface area contributed by atoms with E-state index in [4.69, 9.17) is 4.74 Å². The van der Waals surface area contributed by atoms with Crippen molar-refractivity contribution < 1.29 is 19.4 Å². The summed E-state index contributed by atoms with van der Waals surface area (Å²) in [5.74, 6) is -1.38. The lowest BCUT2D eigenvalue weighted by Gasteiger charge is -2.14. The molecule has 0 fully saturated rings. The summed E-state index contributed by atoms with van der Waals surface area (Å²) >= 11 is 1.42. The van der Waals surface area contributed by atoms with Gasteiger partial charge in [-0.3, -0.25) is 4.79 Å². The standard InChI is InChI=1S/C17H17NO4S/c19-16(15-9-12-10-22-7-6-14(12)23-15)18-13(17(20)21)8-11-4-2-1-3-5-11/h1-5,9,13H,6-8,10H2,(H,18,19)(H,20,21)/t13-/m0/s1. The van der Waals surface area contributed by atoms with E-state index < -0.39 is 12.0 Å². The number of carboxylic acids is 1. The molecule has 1 atom stereocenters. The largest absolute Gasteiger partial charge is 0.480 e. The fourth-order valence-electron chi connectivity index (χ4n) is 2.54. The maximum atomic E-state index is 12.4. The summed E-state index contributed by atoms with van der Waals surface area (Å²) in [5.41, 5.74) is 1.90. The van der Waals surface area contributed by atoms with E-state index in [1.54, 1.807) is 6.07 Å². The molecule has 0 radical (unpaired) electrons. The Hall–Kier alpha value is -2.18. The summed E-state index contributed by atoms with van der Waals surface area (Å²) in [6.07, 6.45) is 1.07. The molecule has 0 spiro atoms. The molecule has 1 aromatic carbocycles. The van der Waals surface area contributed by atoms with Crippen molar-refractivity contribution in [2.45, 2.75) is 25.5 Å². The van der Waals surface area contributed by atoms with Gasteiger partial charge in [-0.05, 0) is 17.2 Å². The number of carbonyl (C=O) groups is 2. The van der Waals surface area contributed by atoms with Crippen LogP contribution in [0.2, 0.25) is 0 Å². The number of benzene rings is 1. The number of ether oxygens (including phenoxy) is 1. The average molecular weight is 331 g/mol. The Morgan fingerprint density at radius 2 is 2.09 bits per heavy atom. The quantitative estimate of drug-likeness (QED) is 0.881.